The van der Waals surface area contributed by atoms with Gasteiger partial charge in [-0.3, -0.25) is 13.9 Å². The maximum atomic E-state index is 13.5. The average molecular weight is 578 g/mol. The number of fused-ring (bicyclic) bond motifs is 1. The Hall–Kier alpha value is -2.98. The van der Waals surface area contributed by atoms with Crippen LogP contribution in [-0.2, 0) is 26.2 Å². The van der Waals surface area contributed by atoms with Gasteiger partial charge in [0.15, 0.2) is 11.5 Å². The molecule has 2 aliphatic rings. The van der Waals surface area contributed by atoms with Crippen LogP contribution < -0.4 is 19.1 Å². The van der Waals surface area contributed by atoms with E-state index in [1.165, 1.54) is 15.6 Å². The summed E-state index contributed by atoms with van der Waals surface area (Å²) in [6.45, 7) is 2.07. The Bertz CT molecular complexity index is 1280. The van der Waals surface area contributed by atoms with Gasteiger partial charge in [-0.1, -0.05) is 49.1 Å². The Balaban J connectivity index is 1.45. The molecule has 1 aliphatic carbocycles. The van der Waals surface area contributed by atoms with E-state index in [1.54, 1.807) is 31.2 Å². The number of rotatable bonds is 11. The van der Waals surface area contributed by atoms with Crippen LogP contribution in [0.15, 0.2) is 42.5 Å². The predicted octanol–water partition coefficient (Wildman–Crippen LogP) is 4.48. The fraction of sp³-hybridized carbons (Fsp3) is 0.500. The van der Waals surface area contributed by atoms with Crippen molar-refractivity contribution in [2.75, 3.05) is 23.9 Å². The second kappa shape index (κ2) is 12.9. The number of carbonyl (C=O) groups is 2. The molecular formula is C28H36ClN3O6S. The van der Waals surface area contributed by atoms with Crippen molar-refractivity contribution in [3.8, 4) is 11.5 Å². The van der Waals surface area contributed by atoms with E-state index in [0.29, 0.717) is 22.2 Å². The molecule has 212 valence electrons. The van der Waals surface area contributed by atoms with E-state index in [1.807, 2.05) is 18.2 Å². The van der Waals surface area contributed by atoms with Gasteiger partial charge in [-0.2, -0.15) is 0 Å². The second-order valence-corrected chi connectivity index (χ2v) is 12.4. The molecule has 11 heteroatoms. The number of nitrogens with zero attached hydrogens (tertiary/aromatic N) is 2. The first-order valence-electron chi connectivity index (χ1n) is 13.3. The molecule has 9 nitrogen and oxygen atoms in total. The van der Waals surface area contributed by atoms with Crippen LogP contribution in [0.25, 0.3) is 0 Å². The summed E-state index contributed by atoms with van der Waals surface area (Å²) >= 11 is 6.39. The van der Waals surface area contributed by atoms with Gasteiger partial charge in [0.2, 0.25) is 28.6 Å². The van der Waals surface area contributed by atoms with Gasteiger partial charge in [0.1, 0.15) is 6.04 Å². The molecule has 0 spiro atoms. The van der Waals surface area contributed by atoms with Crippen LogP contribution in [-0.4, -0.2) is 56.8 Å². The van der Waals surface area contributed by atoms with E-state index in [4.69, 9.17) is 21.1 Å². The Morgan fingerprint density at radius 1 is 1.08 bits per heavy atom. The molecule has 2 amide bonds. The summed E-state index contributed by atoms with van der Waals surface area (Å²) in [6, 6.07) is 11.6. The van der Waals surface area contributed by atoms with Crippen molar-refractivity contribution >= 4 is 39.1 Å². The van der Waals surface area contributed by atoms with Crippen molar-refractivity contribution in [1.82, 2.24) is 10.2 Å². The molecule has 2 aromatic carbocycles. The third-order valence-electron chi connectivity index (χ3n) is 7.21. The van der Waals surface area contributed by atoms with Crippen molar-refractivity contribution in [2.45, 2.75) is 70.5 Å². The van der Waals surface area contributed by atoms with Crippen LogP contribution in [0.4, 0.5) is 5.69 Å². The van der Waals surface area contributed by atoms with Crippen LogP contribution in [0.3, 0.4) is 0 Å². The molecule has 1 heterocycles. The topological polar surface area (TPSA) is 105 Å². The van der Waals surface area contributed by atoms with Gasteiger partial charge in [0.25, 0.3) is 0 Å². The summed E-state index contributed by atoms with van der Waals surface area (Å²) in [5.41, 5.74) is 1.17. The van der Waals surface area contributed by atoms with E-state index in [9.17, 15) is 18.0 Å². The highest BCUT2D eigenvalue weighted by atomic mass is 35.5. The lowest BCUT2D eigenvalue weighted by molar-refractivity contribution is -0.141. The molecular weight excluding hydrogens is 542 g/mol. The third-order valence-corrected chi connectivity index (χ3v) is 8.78. The lowest BCUT2D eigenvalue weighted by Crippen LogP contribution is -2.50. The Morgan fingerprint density at radius 3 is 2.51 bits per heavy atom. The molecule has 0 saturated heterocycles. The number of ether oxygens (including phenoxy) is 2. The average Bonchev–Trinajstić information content (AvgIpc) is 3.38. The Kier molecular flexibility index (Phi) is 9.61. The number of nitrogens with one attached hydrogen (secondary N) is 1. The maximum absolute atomic E-state index is 13.5. The standard InChI is InChI=1S/C28H36ClN3O6S/c1-20(28(34)30-22-10-4-3-5-11-22)31(18-21-9-6-7-12-24(21)29)27(33)13-8-16-32(39(2,35)36)23-14-15-25-26(17-23)38-19-37-25/h6-7,9,12,14-15,17,20,22H,3-5,8,10-11,13,16,18-19H2,1-2H3,(H,30,34). The summed E-state index contributed by atoms with van der Waals surface area (Å²) in [7, 11) is -3.62. The lowest BCUT2D eigenvalue weighted by Gasteiger charge is -2.31. The van der Waals surface area contributed by atoms with E-state index >= 15 is 0 Å². The summed E-state index contributed by atoms with van der Waals surface area (Å²) in [6.07, 6.45) is 6.68. The molecule has 1 saturated carbocycles. The quantitative estimate of drug-likeness (QED) is 0.422. The number of carbonyl (C=O) groups excluding carboxylic acids is 2. The fourth-order valence-corrected chi connectivity index (χ4v) is 6.16. The zero-order valence-electron chi connectivity index (χ0n) is 22.4. The molecule has 0 radical (unpaired) electrons. The van der Waals surface area contributed by atoms with Gasteiger partial charge >= 0.3 is 0 Å². The highest BCUT2D eigenvalue weighted by Crippen LogP contribution is 2.36. The van der Waals surface area contributed by atoms with E-state index in [-0.39, 0.29) is 50.6 Å². The first-order chi connectivity index (χ1) is 18.6. The first-order valence-corrected chi connectivity index (χ1v) is 15.6. The predicted molar refractivity (Wildman–Crippen MR) is 150 cm³/mol. The molecule has 39 heavy (non-hydrogen) atoms. The Morgan fingerprint density at radius 2 is 1.79 bits per heavy atom. The number of amides is 2. The Labute approximate surface area is 235 Å². The van der Waals surface area contributed by atoms with Gasteiger partial charge in [-0.25, -0.2) is 8.42 Å². The van der Waals surface area contributed by atoms with Crippen LogP contribution in [0.1, 0.15) is 57.4 Å². The number of anilines is 1. The molecule has 4 rings (SSSR count). The van der Waals surface area contributed by atoms with Gasteiger partial charge in [0, 0.05) is 36.6 Å². The number of hydrogen-bond donors (Lipinski definition) is 1. The van der Waals surface area contributed by atoms with Gasteiger partial charge in [-0.05, 0) is 49.9 Å². The number of benzene rings is 2. The monoisotopic (exact) mass is 577 g/mol. The van der Waals surface area contributed by atoms with Gasteiger partial charge in [0.05, 0.1) is 11.9 Å². The summed E-state index contributed by atoms with van der Waals surface area (Å²) in [5.74, 6) is 0.583. The minimum Gasteiger partial charge on any atom is -0.454 e. The van der Waals surface area contributed by atoms with E-state index in [2.05, 4.69) is 5.32 Å². The number of sulfonamides is 1. The maximum Gasteiger partial charge on any atom is 0.242 e. The van der Waals surface area contributed by atoms with Crippen molar-refractivity contribution < 1.29 is 27.5 Å². The molecule has 0 bridgehead atoms. The zero-order chi connectivity index (χ0) is 28.0. The molecule has 1 aliphatic heterocycles. The van der Waals surface area contributed by atoms with Crippen LogP contribution in [0.2, 0.25) is 5.02 Å². The normalized spacial score (nSPS) is 16.0. The zero-order valence-corrected chi connectivity index (χ0v) is 24.0. The number of halogens is 1. The van der Waals surface area contributed by atoms with Crippen molar-refractivity contribution in [3.05, 3.63) is 53.1 Å². The third kappa shape index (κ3) is 7.57. The second-order valence-electron chi connectivity index (χ2n) is 10.1. The lowest BCUT2D eigenvalue weighted by atomic mass is 9.95. The molecule has 0 aromatic heterocycles. The van der Waals surface area contributed by atoms with Crippen molar-refractivity contribution in [1.29, 1.82) is 0 Å². The molecule has 1 atom stereocenters. The number of hydrogen-bond acceptors (Lipinski definition) is 6. The van der Waals surface area contributed by atoms with Crippen LogP contribution in [0, 0.1) is 0 Å². The first kappa shape index (κ1) is 29.0. The smallest absolute Gasteiger partial charge is 0.242 e. The van der Waals surface area contributed by atoms with Gasteiger partial charge < -0.3 is 19.7 Å². The summed E-state index contributed by atoms with van der Waals surface area (Å²) < 4.78 is 37.2. The van der Waals surface area contributed by atoms with Crippen molar-refractivity contribution in [3.63, 3.8) is 0 Å². The minimum atomic E-state index is -3.62. The highest BCUT2D eigenvalue weighted by Gasteiger charge is 2.29. The SMILES string of the molecule is CC(C(=O)NC1CCCCC1)N(Cc1ccccc1Cl)C(=O)CCCN(c1ccc2c(c1)OCO2)S(C)(=O)=O. The van der Waals surface area contributed by atoms with E-state index in [0.717, 1.165) is 37.5 Å². The largest absolute Gasteiger partial charge is 0.454 e. The van der Waals surface area contributed by atoms with Crippen molar-refractivity contribution in [2.24, 2.45) is 0 Å². The fourth-order valence-electron chi connectivity index (χ4n) is 5.01. The molecule has 1 unspecified atom stereocenters. The summed E-state index contributed by atoms with van der Waals surface area (Å²) in [4.78, 5) is 28.2. The van der Waals surface area contributed by atoms with Crippen LogP contribution in [0.5, 0.6) is 11.5 Å². The minimum absolute atomic E-state index is 0.0576. The van der Waals surface area contributed by atoms with E-state index < -0.39 is 16.1 Å². The molecule has 2 aromatic rings. The molecule has 1 N–H and O–H groups in total. The summed E-state index contributed by atoms with van der Waals surface area (Å²) in [5, 5.41) is 3.63. The van der Waals surface area contributed by atoms with Crippen LogP contribution >= 0.6 is 11.6 Å². The highest BCUT2D eigenvalue weighted by molar-refractivity contribution is 7.92. The molecule has 1 fully saturated rings. The van der Waals surface area contributed by atoms with Gasteiger partial charge in [-0.15, -0.1) is 0 Å².